The maximum absolute atomic E-state index is 12.5. The molecule has 28 heavy (non-hydrogen) atoms. The Hall–Kier alpha value is -2.87. The average molecular weight is 399 g/mol. The summed E-state index contributed by atoms with van der Waals surface area (Å²) in [6.07, 6.45) is 1.51. The number of pyridine rings is 1. The van der Waals surface area contributed by atoms with E-state index < -0.39 is 9.84 Å². The Labute approximate surface area is 163 Å². The molecule has 1 aliphatic heterocycles. The molecule has 0 atom stereocenters. The second-order valence-electron chi connectivity index (χ2n) is 6.88. The lowest BCUT2D eigenvalue weighted by Crippen LogP contribution is -2.43. The second kappa shape index (κ2) is 7.27. The van der Waals surface area contributed by atoms with Gasteiger partial charge in [-0.15, -0.1) is 0 Å². The van der Waals surface area contributed by atoms with Gasteiger partial charge in [0.2, 0.25) is 0 Å². The molecule has 4 rings (SSSR count). The van der Waals surface area contributed by atoms with E-state index in [1.54, 1.807) is 17.0 Å². The van der Waals surface area contributed by atoms with Crippen LogP contribution in [0.25, 0.3) is 11.0 Å². The molecule has 1 amide bonds. The Morgan fingerprint density at radius 2 is 1.93 bits per heavy atom. The van der Waals surface area contributed by atoms with Crippen LogP contribution in [0.2, 0.25) is 0 Å². The van der Waals surface area contributed by atoms with Crippen LogP contribution >= 0.6 is 0 Å². The largest absolute Gasteiger partial charge is 0.459 e. The molecular formula is C20H21N3O4S. The summed E-state index contributed by atoms with van der Waals surface area (Å²) >= 11 is 0. The fraction of sp³-hybridized carbons (Fsp3) is 0.300. The molecule has 1 aliphatic rings. The van der Waals surface area contributed by atoms with Crippen LogP contribution in [0.4, 0.5) is 5.82 Å². The number of nitrogens with zero attached hydrogens (tertiary/aromatic N) is 2. The number of para-hydroxylation sites is 1. The van der Waals surface area contributed by atoms with Crippen molar-refractivity contribution in [2.24, 2.45) is 0 Å². The van der Waals surface area contributed by atoms with Crippen LogP contribution < -0.4 is 5.32 Å². The number of carbonyl (C=O) groups is 1. The smallest absolute Gasteiger partial charge is 0.255 e. The van der Waals surface area contributed by atoms with Crippen molar-refractivity contribution in [2.75, 3.05) is 29.9 Å². The summed E-state index contributed by atoms with van der Waals surface area (Å²) in [4.78, 5) is 18.4. The van der Waals surface area contributed by atoms with Gasteiger partial charge in [0.1, 0.15) is 17.2 Å². The molecule has 1 aromatic carbocycles. The summed E-state index contributed by atoms with van der Waals surface area (Å²) in [7, 11) is -3.01. The number of sulfone groups is 1. The van der Waals surface area contributed by atoms with E-state index in [9.17, 15) is 13.2 Å². The van der Waals surface area contributed by atoms with E-state index in [4.69, 9.17) is 4.42 Å². The van der Waals surface area contributed by atoms with E-state index in [0.29, 0.717) is 17.9 Å². The Balaban J connectivity index is 1.40. The van der Waals surface area contributed by atoms with Crippen LogP contribution in [0.1, 0.15) is 21.7 Å². The first-order chi connectivity index (χ1) is 13.4. The van der Waals surface area contributed by atoms with Crippen molar-refractivity contribution in [1.29, 1.82) is 0 Å². The zero-order valence-electron chi connectivity index (χ0n) is 15.5. The highest BCUT2D eigenvalue weighted by molar-refractivity contribution is 7.91. The average Bonchev–Trinajstić information content (AvgIpc) is 3.02. The normalized spacial score (nSPS) is 16.2. The van der Waals surface area contributed by atoms with Crippen molar-refractivity contribution in [3.05, 3.63) is 59.5 Å². The number of benzene rings is 1. The third kappa shape index (κ3) is 3.73. The summed E-state index contributed by atoms with van der Waals surface area (Å²) < 4.78 is 28.9. The number of amides is 1. The molecule has 0 unspecified atom stereocenters. The van der Waals surface area contributed by atoms with Gasteiger partial charge in [-0.3, -0.25) is 4.79 Å². The van der Waals surface area contributed by atoms with Gasteiger partial charge >= 0.3 is 0 Å². The molecule has 0 radical (unpaired) electrons. The van der Waals surface area contributed by atoms with Crippen LogP contribution in [-0.2, 0) is 16.4 Å². The fourth-order valence-electron chi connectivity index (χ4n) is 3.29. The van der Waals surface area contributed by atoms with E-state index in [2.05, 4.69) is 10.3 Å². The number of fused-ring (bicyclic) bond motifs is 1. The molecule has 1 fully saturated rings. The Bertz CT molecular complexity index is 1110. The Kier molecular flexibility index (Phi) is 4.80. The van der Waals surface area contributed by atoms with E-state index in [1.165, 1.54) is 6.20 Å². The van der Waals surface area contributed by atoms with Crippen LogP contribution in [0.15, 0.2) is 47.0 Å². The molecule has 0 spiro atoms. The summed E-state index contributed by atoms with van der Waals surface area (Å²) in [6.45, 7) is 2.97. The predicted octanol–water partition coefficient (Wildman–Crippen LogP) is 2.62. The number of hydrogen-bond donors (Lipinski definition) is 1. The highest BCUT2D eigenvalue weighted by atomic mass is 32.2. The lowest BCUT2D eigenvalue weighted by molar-refractivity contribution is 0.0770. The van der Waals surface area contributed by atoms with E-state index in [1.807, 2.05) is 31.2 Å². The molecule has 3 aromatic rings. The number of rotatable bonds is 4. The molecule has 7 nitrogen and oxygen atoms in total. The Morgan fingerprint density at radius 1 is 1.18 bits per heavy atom. The maximum Gasteiger partial charge on any atom is 0.255 e. The third-order valence-electron chi connectivity index (χ3n) is 5.01. The van der Waals surface area contributed by atoms with Gasteiger partial charge in [0, 0.05) is 30.2 Å². The monoisotopic (exact) mass is 399 g/mol. The van der Waals surface area contributed by atoms with Crippen molar-refractivity contribution >= 4 is 32.5 Å². The topological polar surface area (TPSA) is 92.5 Å². The van der Waals surface area contributed by atoms with Crippen molar-refractivity contribution in [1.82, 2.24) is 9.88 Å². The van der Waals surface area contributed by atoms with Crippen LogP contribution in [0, 0.1) is 6.92 Å². The minimum absolute atomic E-state index is 0.0165. The molecule has 0 bridgehead atoms. The van der Waals surface area contributed by atoms with E-state index in [-0.39, 0.29) is 30.5 Å². The molecule has 8 heteroatoms. The zero-order chi connectivity index (χ0) is 19.7. The summed E-state index contributed by atoms with van der Waals surface area (Å²) in [6, 6.07) is 11.3. The predicted molar refractivity (Wildman–Crippen MR) is 107 cm³/mol. The van der Waals surface area contributed by atoms with Gasteiger partial charge in [-0.25, -0.2) is 13.4 Å². The minimum atomic E-state index is -3.01. The first-order valence-corrected chi connectivity index (χ1v) is 10.9. The number of aryl methyl sites for hydroxylation is 1. The number of carbonyl (C=O) groups excluding carboxylic acids is 1. The highest BCUT2D eigenvalue weighted by Gasteiger charge is 2.25. The molecule has 146 valence electrons. The number of hydrogen-bond acceptors (Lipinski definition) is 6. The standard InChI is InChI=1S/C20H21N3O4S/c1-14-16-4-2-3-5-17(16)27-18(14)13-22-19-7-6-15(12-21-19)20(24)23-8-10-28(25,26)11-9-23/h2-7,12H,8-11,13H2,1H3,(H,21,22). The van der Waals surface area contributed by atoms with Gasteiger partial charge in [-0.1, -0.05) is 18.2 Å². The van der Waals surface area contributed by atoms with Gasteiger partial charge in [0.25, 0.3) is 5.91 Å². The lowest BCUT2D eigenvalue weighted by atomic mass is 10.1. The van der Waals surface area contributed by atoms with E-state index in [0.717, 1.165) is 22.3 Å². The molecule has 0 aliphatic carbocycles. The van der Waals surface area contributed by atoms with Gasteiger partial charge in [-0.2, -0.15) is 0 Å². The van der Waals surface area contributed by atoms with Gasteiger partial charge in [0.15, 0.2) is 9.84 Å². The number of nitrogens with one attached hydrogen (secondary N) is 1. The number of anilines is 1. The van der Waals surface area contributed by atoms with Crippen molar-refractivity contribution in [3.8, 4) is 0 Å². The van der Waals surface area contributed by atoms with E-state index >= 15 is 0 Å². The van der Waals surface area contributed by atoms with Crippen molar-refractivity contribution in [3.63, 3.8) is 0 Å². The fourth-order valence-corrected chi connectivity index (χ4v) is 4.49. The third-order valence-corrected chi connectivity index (χ3v) is 6.62. The molecule has 3 heterocycles. The highest BCUT2D eigenvalue weighted by Crippen LogP contribution is 2.25. The Morgan fingerprint density at radius 3 is 2.61 bits per heavy atom. The summed E-state index contributed by atoms with van der Waals surface area (Å²) in [5, 5.41) is 4.30. The van der Waals surface area contributed by atoms with Gasteiger partial charge < -0.3 is 14.6 Å². The first kappa shape index (κ1) is 18.5. The zero-order valence-corrected chi connectivity index (χ0v) is 16.3. The minimum Gasteiger partial charge on any atom is -0.459 e. The van der Waals surface area contributed by atoms with Gasteiger partial charge in [0.05, 0.1) is 23.6 Å². The molecule has 0 saturated carbocycles. The lowest BCUT2D eigenvalue weighted by Gasteiger charge is -2.26. The SMILES string of the molecule is Cc1c(CNc2ccc(C(=O)N3CCS(=O)(=O)CC3)cn2)oc2ccccc12. The molecule has 2 aromatic heterocycles. The second-order valence-corrected chi connectivity index (χ2v) is 9.18. The van der Waals surface area contributed by atoms with Crippen molar-refractivity contribution < 1.29 is 17.6 Å². The number of furan rings is 1. The quantitative estimate of drug-likeness (QED) is 0.725. The molecule has 1 saturated heterocycles. The maximum atomic E-state index is 12.5. The van der Waals surface area contributed by atoms with Gasteiger partial charge in [-0.05, 0) is 25.1 Å². The van der Waals surface area contributed by atoms with Crippen molar-refractivity contribution in [2.45, 2.75) is 13.5 Å². The first-order valence-electron chi connectivity index (χ1n) is 9.09. The van der Waals surface area contributed by atoms with Crippen LogP contribution in [-0.4, -0.2) is 48.8 Å². The molecule has 1 N–H and O–H groups in total. The summed E-state index contributed by atoms with van der Waals surface area (Å²) in [5.74, 6) is 1.32. The van der Waals surface area contributed by atoms with Crippen LogP contribution in [0.3, 0.4) is 0 Å². The number of aromatic nitrogens is 1. The molecular weight excluding hydrogens is 378 g/mol. The van der Waals surface area contributed by atoms with Crippen LogP contribution in [0.5, 0.6) is 0 Å². The summed E-state index contributed by atoms with van der Waals surface area (Å²) in [5.41, 5.74) is 2.40.